The molecule has 0 fully saturated rings. The molecule has 0 radical (unpaired) electrons. The van der Waals surface area contributed by atoms with E-state index >= 15 is 16.8 Å². The van der Waals surface area contributed by atoms with Crippen LogP contribution in [-0.2, 0) is 25.1 Å². The Bertz CT molecular complexity index is 6580. The Hall–Kier alpha value is -13.4. The molecule has 10 heteroatoms. The van der Waals surface area contributed by atoms with Crippen molar-refractivity contribution in [2.75, 3.05) is 0 Å². The van der Waals surface area contributed by atoms with Gasteiger partial charge in [0.1, 0.15) is 0 Å². The van der Waals surface area contributed by atoms with Crippen molar-refractivity contribution >= 4 is 107 Å². The third-order valence-corrected chi connectivity index (χ3v) is 26.5. The number of nitrogens with zero attached hydrogens (tertiary/aromatic N) is 4. The molecule has 0 amide bonds. The van der Waals surface area contributed by atoms with Gasteiger partial charge in [0, 0.05) is 65.8 Å². The Balaban J connectivity index is 0.847. The zero-order valence-corrected chi connectivity index (χ0v) is 59.0. The molecule has 0 aliphatic carbocycles. The summed E-state index contributed by atoms with van der Waals surface area (Å²) in [5, 5.41) is 8.40. The van der Waals surface area contributed by atoms with E-state index in [-0.39, 0.29) is 19.6 Å². The van der Waals surface area contributed by atoms with Crippen molar-refractivity contribution in [3.05, 3.63) is 386 Å². The fourth-order valence-corrected chi connectivity index (χ4v) is 21.6. The van der Waals surface area contributed by atoms with Gasteiger partial charge in [-0.1, -0.05) is 194 Å². The van der Waals surface area contributed by atoms with Gasteiger partial charge in [-0.15, -0.1) is 0 Å². The number of rotatable bonds is 8. The van der Waals surface area contributed by atoms with Gasteiger partial charge in [-0.2, -0.15) is 0 Å². The van der Waals surface area contributed by atoms with Gasteiger partial charge in [0.15, 0.2) is 0 Å². The summed E-state index contributed by atoms with van der Waals surface area (Å²) in [6, 6.07) is 124. The van der Waals surface area contributed by atoms with Gasteiger partial charge in [-0.05, 0) is 237 Å². The molecule has 0 bridgehead atoms. The monoisotopic (exact) mass is 1410 g/mol. The largest absolute Gasteiger partial charge is 0.309 e. The lowest BCUT2D eigenvalue weighted by Crippen LogP contribution is -2.42. The van der Waals surface area contributed by atoms with Crippen LogP contribution in [0.5, 0.6) is 0 Å². The van der Waals surface area contributed by atoms with Crippen LogP contribution in [0.4, 0.5) is 0 Å². The molecule has 0 atom stereocenters. The van der Waals surface area contributed by atoms with Gasteiger partial charge in [0.25, 0.3) is 0 Å². The van der Waals surface area contributed by atoms with Gasteiger partial charge in [0.05, 0.1) is 69.1 Å². The maximum absolute atomic E-state index is 16.6. The second kappa shape index (κ2) is 22.8. The molecular formula is C97H60N4O4S2. The van der Waals surface area contributed by atoms with Crippen molar-refractivity contribution in [2.45, 2.75) is 25.0 Å². The Kier molecular flexibility index (Phi) is 13.0. The fraction of sp³-hybridized carbons (Fsp3) is 0.0103. The molecular weight excluding hydrogens is 1350 g/mol. The first-order valence-corrected chi connectivity index (χ1v) is 39.0. The summed E-state index contributed by atoms with van der Waals surface area (Å²) in [7, 11) is -8.81. The lowest BCUT2D eigenvalue weighted by atomic mass is 9.63. The molecule has 6 heterocycles. The minimum Gasteiger partial charge on any atom is -0.309 e. The van der Waals surface area contributed by atoms with Gasteiger partial charge in [-0.25, -0.2) is 16.8 Å². The van der Waals surface area contributed by atoms with Crippen molar-refractivity contribution in [3.8, 4) is 67.3 Å². The van der Waals surface area contributed by atoms with E-state index < -0.39 is 25.1 Å². The van der Waals surface area contributed by atoms with E-state index in [9.17, 15) is 0 Å². The van der Waals surface area contributed by atoms with E-state index in [1.807, 2.05) is 48.5 Å². The van der Waals surface area contributed by atoms with Crippen LogP contribution in [-0.4, -0.2) is 35.1 Å². The molecule has 1 spiro atoms. The number of hydrogen-bond donors (Lipinski definition) is 0. The first-order chi connectivity index (χ1) is 52.6. The number of para-hydroxylation sites is 8. The van der Waals surface area contributed by atoms with Crippen LogP contribution in [0.15, 0.2) is 384 Å². The molecule has 8 nitrogen and oxygen atoms in total. The predicted octanol–water partition coefficient (Wildman–Crippen LogP) is 23.4. The minimum absolute atomic E-state index is 0.0932. The van der Waals surface area contributed by atoms with Crippen molar-refractivity contribution in [1.82, 2.24) is 18.3 Å². The summed E-state index contributed by atoms with van der Waals surface area (Å²) in [4.78, 5) is 0.373. The smallest absolute Gasteiger partial charge is 0.207 e. The van der Waals surface area contributed by atoms with E-state index in [1.54, 1.807) is 24.3 Å². The molecule has 20 aromatic rings. The van der Waals surface area contributed by atoms with Crippen molar-refractivity contribution in [2.24, 2.45) is 0 Å². The summed E-state index contributed by atoms with van der Waals surface area (Å²) in [6.07, 6.45) is 0. The lowest BCUT2D eigenvalue weighted by Gasteiger charge is -2.46. The summed E-state index contributed by atoms with van der Waals surface area (Å²) in [6.45, 7) is 0. The Morgan fingerprint density at radius 1 is 0.178 bits per heavy atom. The van der Waals surface area contributed by atoms with Gasteiger partial charge in [-0.3, -0.25) is 0 Å². The zero-order chi connectivity index (χ0) is 71.0. The van der Waals surface area contributed by atoms with Crippen LogP contribution in [0.3, 0.4) is 0 Å². The second-order valence-electron chi connectivity index (χ2n) is 28.3. The normalized spacial score (nSPS) is 14.0. The van der Waals surface area contributed by atoms with Gasteiger partial charge in [0.2, 0.25) is 19.7 Å². The second-order valence-corrected chi connectivity index (χ2v) is 32.1. The number of sulfone groups is 2. The molecule has 504 valence electrons. The Morgan fingerprint density at radius 3 is 0.598 bits per heavy atom. The summed E-state index contributed by atoms with van der Waals surface area (Å²) in [5.74, 6) is 0. The number of fused-ring (bicyclic) bond motifs is 20. The van der Waals surface area contributed by atoms with Crippen molar-refractivity contribution in [3.63, 3.8) is 0 Å². The highest BCUT2D eigenvalue weighted by molar-refractivity contribution is 7.92. The molecule has 16 aromatic carbocycles. The molecule has 0 saturated carbocycles. The van der Waals surface area contributed by atoms with E-state index in [4.69, 9.17) is 0 Å². The number of aromatic nitrogens is 4. The van der Waals surface area contributed by atoms with Crippen molar-refractivity contribution < 1.29 is 16.8 Å². The van der Waals surface area contributed by atoms with Crippen LogP contribution in [0, 0.1) is 0 Å². The van der Waals surface area contributed by atoms with Crippen LogP contribution in [0.1, 0.15) is 22.3 Å². The maximum atomic E-state index is 16.6. The van der Waals surface area contributed by atoms with E-state index in [2.05, 4.69) is 309 Å². The van der Waals surface area contributed by atoms with E-state index in [0.29, 0.717) is 22.3 Å². The lowest BCUT2D eigenvalue weighted by molar-refractivity contribution is 0.561. The zero-order valence-electron chi connectivity index (χ0n) is 57.4. The average Bonchev–Trinajstić information content (AvgIpc) is 1.15. The standard InChI is InChI=1S/C97H60N4O4S2/c102-106(103)93-49-41-65(61-37-45-89-77(53-61)73-29-13-17-33-85(73)98(89)69-21-5-1-6-22-69)57-81(93)97(82-58-66(42-50-94(82)106)62-38-46-90-78(54-62)74-30-14-18-34-86(74)99(90)70-23-7-2-8-24-70)83-59-67(63-39-47-91-79(55-63)75-31-15-19-35-87(75)100(91)71-25-9-3-10-26-71)43-51-95(83)107(104,105)96-52-44-68(60-84(96)97)64-40-48-92-80(56-64)76-32-16-20-36-88(76)101(92)72-27-11-4-12-28-72/h1-60H. The quantitative estimate of drug-likeness (QED) is 0.152. The topological polar surface area (TPSA) is 88.0 Å². The fourth-order valence-electron chi connectivity index (χ4n) is 18.1. The minimum atomic E-state index is -4.41. The molecule has 4 aromatic heterocycles. The third-order valence-electron chi connectivity index (χ3n) is 22.8. The summed E-state index contributed by atoms with van der Waals surface area (Å²) < 4.78 is 75.6. The number of benzene rings is 16. The van der Waals surface area contributed by atoms with Crippen molar-refractivity contribution in [1.29, 1.82) is 0 Å². The van der Waals surface area contributed by atoms with Gasteiger partial charge < -0.3 is 18.3 Å². The molecule has 0 N–H and O–H groups in total. The highest BCUT2D eigenvalue weighted by Gasteiger charge is 2.55. The van der Waals surface area contributed by atoms with Crippen LogP contribution >= 0.6 is 0 Å². The summed E-state index contributed by atoms with van der Waals surface area (Å²) >= 11 is 0. The van der Waals surface area contributed by atoms with Crippen LogP contribution in [0.2, 0.25) is 0 Å². The van der Waals surface area contributed by atoms with E-state index in [0.717, 1.165) is 154 Å². The molecule has 107 heavy (non-hydrogen) atoms. The van der Waals surface area contributed by atoms with Gasteiger partial charge >= 0.3 is 0 Å². The highest BCUT2D eigenvalue weighted by Crippen LogP contribution is 2.61. The number of hydrogen-bond acceptors (Lipinski definition) is 4. The average molecular weight is 1410 g/mol. The molecule has 2 aliphatic rings. The molecule has 2 aliphatic heterocycles. The first-order valence-electron chi connectivity index (χ1n) is 36.0. The SMILES string of the molecule is O=S1(=O)c2ccc(-c3ccc4c(c3)c3ccccc3n4-c3ccccc3)cc2C2(c3cc(-c4ccc5c(c4)c4ccccc4n5-c4ccccc4)ccc31)c1cc(-c3ccc4c(c3)c3ccccc3n4-c3ccccc3)ccc1S(=O)(=O)c1ccc(-c3ccc4c(c3)c3ccccc3n4-c3ccccc3)cc12. The molecule has 22 rings (SSSR count). The third kappa shape index (κ3) is 8.76. The molecule has 0 saturated heterocycles. The molecule has 0 unspecified atom stereocenters. The van der Waals surface area contributed by atoms with Crippen LogP contribution in [0.25, 0.3) is 154 Å². The first kappa shape index (κ1) is 61.1. The predicted molar refractivity (Wildman–Crippen MR) is 435 cm³/mol. The van der Waals surface area contributed by atoms with E-state index in [1.165, 1.54) is 0 Å². The Labute approximate surface area is 616 Å². The Morgan fingerprint density at radius 2 is 0.364 bits per heavy atom. The highest BCUT2D eigenvalue weighted by atomic mass is 32.2. The maximum Gasteiger partial charge on any atom is 0.207 e. The van der Waals surface area contributed by atoms with Crippen LogP contribution < -0.4 is 0 Å². The summed E-state index contributed by atoms with van der Waals surface area (Å²) in [5.41, 5.74) is 19.1.